The zero-order chi connectivity index (χ0) is 13.2. The first-order chi connectivity index (χ1) is 8.56. The minimum Gasteiger partial charge on any atom is -0.354 e. The molecule has 1 amide bonds. The monoisotopic (exact) mass is 247 g/mol. The maximum atomic E-state index is 12.3. The second-order valence-electron chi connectivity index (χ2n) is 5.20. The lowest BCUT2D eigenvalue weighted by Gasteiger charge is -2.34. The summed E-state index contributed by atoms with van der Waals surface area (Å²) in [5.41, 5.74) is 0.639. The Morgan fingerprint density at radius 2 is 2.06 bits per heavy atom. The summed E-state index contributed by atoms with van der Waals surface area (Å²) in [4.78, 5) is 14.2. The van der Waals surface area contributed by atoms with Crippen LogP contribution in [0.1, 0.15) is 45.2 Å². The molecule has 18 heavy (non-hydrogen) atoms. The van der Waals surface area contributed by atoms with E-state index in [0.717, 1.165) is 12.0 Å². The van der Waals surface area contributed by atoms with Gasteiger partial charge in [-0.25, -0.2) is 0 Å². The van der Waals surface area contributed by atoms with Gasteiger partial charge >= 0.3 is 0 Å². The molecule has 1 atom stereocenters. The first kappa shape index (κ1) is 13.1. The summed E-state index contributed by atoms with van der Waals surface area (Å²) in [6.07, 6.45) is 1.45. The topological polar surface area (TPSA) is 29.5 Å². The van der Waals surface area contributed by atoms with Gasteiger partial charge in [0.25, 0.3) is 0 Å². The zero-order valence-corrected chi connectivity index (χ0v) is 11.3. The van der Waals surface area contributed by atoms with Gasteiger partial charge in [0, 0.05) is 6.42 Å². The summed E-state index contributed by atoms with van der Waals surface area (Å²) in [6, 6.07) is 10.2. The highest BCUT2D eigenvalue weighted by atomic mass is 16.5. The molecule has 1 unspecified atom stereocenters. The molecular formula is C15H21NO2. The number of hydrogen-bond donors (Lipinski definition) is 0. The number of carbonyl (C=O) groups is 1. The van der Waals surface area contributed by atoms with E-state index in [4.69, 9.17) is 4.74 Å². The largest absolute Gasteiger partial charge is 0.354 e. The Hall–Kier alpha value is -1.35. The normalized spacial score (nSPS) is 22.2. The highest BCUT2D eigenvalue weighted by Gasteiger charge is 2.43. The first-order valence-electron chi connectivity index (χ1n) is 6.57. The van der Waals surface area contributed by atoms with E-state index in [-0.39, 0.29) is 11.9 Å². The Labute approximate surface area is 109 Å². The van der Waals surface area contributed by atoms with Crippen LogP contribution >= 0.6 is 0 Å². The SMILES string of the molecule is CCCC(=O)N1C(c2ccccc2)COC1(C)C. The number of carbonyl (C=O) groups excluding carboxylic acids is 1. The molecule has 1 fully saturated rings. The van der Waals surface area contributed by atoms with E-state index in [1.54, 1.807) is 0 Å². The Balaban J connectivity index is 2.28. The van der Waals surface area contributed by atoms with Crippen LogP contribution in [-0.4, -0.2) is 23.1 Å². The number of hydrogen-bond acceptors (Lipinski definition) is 2. The van der Waals surface area contributed by atoms with Crippen molar-refractivity contribution in [2.24, 2.45) is 0 Å². The molecule has 1 aliphatic rings. The van der Waals surface area contributed by atoms with E-state index >= 15 is 0 Å². The molecule has 0 N–H and O–H groups in total. The van der Waals surface area contributed by atoms with Gasteiger partial charge in [-0.15, -0.1) is 0 Å². The van der Waals surface area contributed by atoms with E-state index in [1.165, 1.54) is 0 Å². The summed E-state index contributed by atoms with van der Waals surface area (Å²) in [5.74, 6) is 0.175. The van der Waals surface area contributed by atoms with E-state index in [2.05, 4.69) is 12.1 Å². The number of rotatable bonds is 3. The lowest BCUT2D eigenvalue weighted by molar-refractivity contribution is -0.146. The molecule has 1 aliphatic heterocycles. The molecule has 1 heterocycles. The van der Waals surface area contributed by atoms with Crippen LogP contribution in [0.15, 0.2) is 30.3 Å². The molecule has 0 saturated carbocycles. The Bertz CT molecular complexity index is 414. The van der Waals surface area contributed by atoms with Gasteiger partial charge < -0.3 is 9.64 Å². The van der Waals surface area contributed by atoms with Gasteiger partial charge in [-0.2, -0.15) is 0 Å². The van der Waals surface area contributed by atoms with Gasteiger partial charge in [0.15, 0.2) is 0 Å². The van der Waals surface area contributed by atoms with Crippen molar-refractivity contribution >= 4 is 5.91 Å². The zero-order valence-electron chi connectivity index (χ0n) is 11.3. The van der Waals surface area contributed by atoms with Crippen LogP contribution in [-0.2, 0) is 9.53 Å². The summed E-state index contributed by atoms with van der Waals surface area (Å²) >= 11 is 0. The van der Waals surface area contributed by atoms with Gasteiger partial charge in [-0.05, 0) is 25.8 Å². The summed E-state index contributed by atoms with van der Waals surface area (Å²) in [7, 11) is 0. The molecule has 0 aromatic heterocycles. The van der Waals surface area contributed by atoms with Crippen molar-refractivity contribution in [2.75, 3.05) is 6.61 Å². The number of ether oxygens (including phenoxy) is 1. The lowest BCUT2D eigenvalue weighted by Crippen LogP contribution is -2.44. The van der Waals surface area contributed by atoms with Gasteiger partial charge in [0.2, 0.25) is 5.91 Å². The third-order valence-electron chi connectivity index (χ3n) is 3.40. The van der Waals surface area contributed by atoms with Gasteiger partial charge in [0.05, 0.1) is 12.6 Å². The number of amides is 1. The number of benzene rings is 1. The van der Waals surface area contributed by atoms with E-state index in [9.17, 15) is 4.79 Å². The third-order valence-corrected chi connectivity index (χ3v) is 3.40. The van der Waals surface area contributed by atoms with E-state index < -0.39 is 5.72 Å². The predicted molar refractivity (Wildman–Crippen MR) is 71.0 cm³/mol. The maximum absolute atomic E-state index is 12.3. The van der Waals surface area contributed by atoms with Crippen LogP contribution in [0.2, 0.25) is 0 Å². The summed E-state index contributed by atoms with van der Waals surface area (Å²) < 4.78 is 5.79. The fraction of sp³-hybridized carbons (Fsp3) is 0.533. The van der Waals surface area contributed by atoms with Crippen molar-refractivity contribution in [2.45, 2.75) is 45.4 Å². The summed E-state index contributed by atoms with van der Waals surface area (Å²) in [6.45, 7) is 6.53. The van der Waals surface area contributed by atoms with E-state index in [0.29, 0.717) is 13.0 Å². The van der Waals surface area contributed by atoms with Crippen LogP contribution < -0.4 is 0 Å². The molecule has 0 bridgehead atoms. The van der Waals surface area contributed by atoms with Crippen molar-refractivity contribution in [1.82, 2.24) is 4.90 Å². The molecule has 1 saturated heterocycles. The molecule has 3 nitrogen and oxygen atoms in total. The van der Waals surface area contributed by atoms with Crippen molar-refractivity contribution in [3.8, 4) is 0 Å². The van der Waals surface area contributed by atoms with Crippen molar-refractivity contribution in [3.05, 3.63) is 35.9 Å². The average molecular weight is 247 g/mol. The fourth-order valence-corrected chi connectivity index (χ4v) is 2.53. The highest BCUT2D eigenvalue weighted by Crippen LogP contribution is 2.37. The van der Waals surface area contributed by atoms with Gasteiger partial charge in [0.1, 0.15) is 5.72 Å². The van der Waals surface area contributed by atoms with Crippen LogP contribution in [0.4, 0.5) is 0 Å². The van der Waals surface area contributed by atoms with Gasteiger partial charge in [-0.3, -0.25) is 4.79 Å². The molecule has 2 rings (SSSR count). The molecule has 0 radical (unpaired) electrons. The van der Waals surface area contributed by atoms with Crippen LogP contribution in [0, 0.1) is 0 Å². The van der Waals surface area contributed by atoms with Crippen LogP contribution in [0.5, 0.6) is 0 Å². The number of nitrogens with zero attached hydrogens (tertiary/aromatic N) is 1. The van der Waals surface area contributed by atoms with Crippen molar-refractivity contribution in [3.63, 3.8) is 0 Å². The summed E-state index contributed by atoms with van der Waals surface area (Å²) in [5, 5.41) is 0. The Morgan fingerprint density at radius 1 is 1.39 bits per heavy atom. The quantitative estimate of drug-likeness (QED) is 0.821. The lowest BCUT2D eigenvalue weighted by atomic mass is 10.0. The Kier molecular flexibility index (Phi) is 3.71. The highest BCUT2D eigenvalue weighted by molar-refractivity contribution is 5.77. The standard InChI is InChI=1S/C15H21NO2/c1-4-8-14(17)16-13(11-18-15(16,2)3)12-9-6-5-7-10-12/h5-7,9-10,13H,4,8,11H2,1-3H3. The van der Waals surface area contributed by atoms with Gasteiger partial charge in [-0.1, -0.05) is 37.3 Å². The molecule has 0 aliphatic carbocycles. The van der Waals surface area contributed by atoms with Crippen LogP contribution in [0.3, 0.4) is 0 Å². The minimum absolute atomic E-state index is 0.0419. The molecule has 1 aromatic rings. The molecular weight excluding hydrogens is 226 g/mol. The molecule has 0 spiro atoms. The van der Waals surface area contributed by atoms with E-state index in [1.807, 2.05) is 43.9 Å². The van der Waals surface area contributed by atoms with Crippen molar-refractivity contribution in [1.29, 1.82) is 0 Å². The smallest absolute Gasteiger partial charge is 0.225 e. The minimum atomic E-state index is -0.507. The maximum Gasteiger partial charge on any atom is 0.225 e. The first-order valence-corrected chi connectivity index (χ1v) is 6.57. The molecule has 1 aromatic carbocycles. The second-order valence-corrected chi connectivity index (χ2v) is 5.20. The Morgan fingerprint density at radius 3 is 2.67 bits per heavy atom. The predicted octanol–water partition coefficient (Wildman–Crippen LogP) is 3.12. The van der Waals surface area contributed by atoms with Crippen molar-refractivity contribution < 1.29 is 9.53 Å². The second kappa shape index (κ2) is 5.11. The molecule has 98 valence electrons. The molecule has 3 heteroatoms. The van der Waals surface area contributed by atoms with Crippen LogP contribution in [0.25, 0.3) is 0 Å². The fourth-order valence-electron chi connectivity index (χ4n) is 2.53. The third kappa shape index (κ3) is 2.41. The average Bonchev–Trinajstić information content (AvgIpc) is 2.66.